The molecular formula is C17H19ClN2O3. The Balaban J connectivity index is 1.81. The number of amides is 1. The van der Waals surface area contributed by atoms with Crippen molar-refractivity contribution in [1.82, 2.24) is 4.90 Å². The first-order valence-corrected chi connectivity index (χ1v) is 7.93. The van der Waals surface area contributed by atoms with Crippen LogP contribution in [0.3, 0.4) is 0 Å². The van der Waals surface area contributed by atoms with Crippen LogP contribution in [-0.2, 0) is 11.3 Å². The van der Waals surface area contributed by atoms with Gasteiger partial charge >= 0.3 is 0 Å². The second kappa shape index (κ2) is 6.74. The average molecular weight is 335 g/mol. The minimum atomic E-state index is -0.243. The van der Waals surface area contributed by atoms with Gasteiger partial charge in [0.1, 0.15) is 11.9 Å². The largest absolute Gasteiger partial charge is 0.455 e. The molecule has 2 N–H and O–H groups in total. The van der Waals surface area contributed by atoms with E-state index < -0.39 is 0 Å². The number of nitrogens with zero attached hydrogens (tertiary/aromatic N) is 1. The maximum atomic E-state index is 12.7. The van der Waals surface area contributed by atoms with Gasteiger partial charge in [0.15, 0.2) is 5.76 Å². The molecule has 6 heteroatoms. The van der Waals surface area contributed by atoms with E-state index in [0.29, 0.717) is 29.7 Å². The summed E-state index contributed by atoms with van der Waals surface area (Å²) in [6.07, 6.45) is -0.243. The minimum Gasteiger partial charge on any atom is -0.455 e. The zero-order chi connectivity index (χ0) is 16.4. The smallest absolute Gasteiger partial charge is 0.289 e. The first-order valence-electron chi connectivity index (χ1n) is 7.56. The molecule has 122 valence electrons. The van der Waals surface area contributed by atoms with Crippen molar-refractivity contribution in [2.45, 2.75) is 25.6 Å². The van der Waals surface area contributed by atoms with E-state index in [1.165, 1.54) is 0 Å². The van der Waals surface area contributed by atoms with Gasteiger partial charge in [-0.15, -0.1) is 0 Å². The molecule has 1 aliphatic rings. The highest BCUT2D eigenvalue weighted by atomic mass is 35.5. The molecule has 2 heterocycles. The molecule has 5 nitrogen and oxygen atoms in total. The number of ether oxygens (including phenoxy) is 1. The van der Waals surface area contributed by atoms with Crippen LogP contribution < -0.4 is 5.73 Å². The van der Waals surface area contributed by atoms with Gasteiger partial charge in [0.05, 0.1) is 25.7 Å². The highest BCUT2D eigenvalue weighted by molar-refractivity contribution is 6.31. The summed E-state index contributed by atoms with van der Waals surface area (Å²) in [5.41, 5.74) is 6.42. The summed E-state index contributed by atoms with van der Waals surface area (Å²) < 4.78 is 11.3. The Hall–Kier alpha value is -1.82. The van der Waals surface area contributed by atoms with E-state index in [9.17, 15) is 4.79 Å². The Bertz CT molecular complexity index is 701. The second-order valence-corrected chi connectivity index (χ2v) is 6.03. The van der Waals surface area contributed by atoms with Crippen molar-refractivity contribution in [3.63, 3.8) is 0 Å². The lowest BCUT2D eigenvalue weighted by atomic mass is 10.1. The second-order valence-electron chi connectivity index (χ2n) is 5.62. The normalized spacial score (nSPS) is 21.4. The number of morpholine rings is 1. The number of hydrogen-bond acceptors (Lipinski definition) is 4. The summed E-state index contributed by atoms with van der Waals surface area (Å²) in [7, 11) is 0. The van der Waals surface area contributed by atoms with Gasteiger partial charge < -0.3 is 19.8 Å². The fourth-order valence-corrected chi connectivity index (χ4v) is 2.97. The van der Waals surface area contributed by atoms with Crippen molar-refractivity contribution in [2.75, 3.05) is 13.2 Å². The lowest BCUT2D eigenvalue weighted by Crippen LogP contribution is -2.48. The van der Waals surface area contributed by atoms with Gasteiger partial charge in [0, 0.05) is 10.6 Å². The highest BCUT2D eigenvalue weighted by Gasteiger charge is 2.33. The lowest BCUT2D eigenvalue weighted by Gasteiger charge is -2.38. The standard InChI is InChI=1S/C17H19ClN2O3/c1-11-10-22-16(13-4-2-3-5-14(13)18)9-20(11)17(21)15-7-6-12(8-19)23-15/h2-7,11,16H,8-10,19H2,1H3. The molecule has 0 spiro atoms. The highest BCUT2D eigenvalue weighted by Crippen LogP contribution is 2.30. The van der Waals surface area contributed by atoms with Crippen molar-refractivity contribution in [3.8, 4) is 0 Å². The van der Waals surface area contributed by atoms with Gasteiger partial charge in [-0.1, -0.05) is 29.8 Å². The number of rotatable bonds is 3. The predicted octanol–water partition coefficient (Wildman–Crippen LogP) is 2.99. The quantitative estimate of drug-likeness (QED) is 0.936. The Morgan fingerprint density at radius 2 is 2.13 bits per heavy atom. The first kappa shape index (κ1) is 16.1. The van der Waals surface area contributed by atoms with Crippen molar-refractivity contribution in [2.24, 2.45) is 5.73 Å². The molecule has 0 bridgehead atoms. The van der Waals surface area contributed by atoms with E-state index in [-0.39, 0.29) is 24.6 Å². The van der Waals surface area contributed by atoms with Crippen molar-refractivity contribution < 1.29 is 13.9 Å². The number of benzene rings is 1. The summed E-state index contributed by atoms with van der Waals surface area (Å²) in [5, 5.41) is 0.642. The zero-order valence-corrected chi connectivity index (χ0v) is 13.6. The van der Waals surface area contributed by atoms with Crippen molar-refractivity contribution in [3.05, 3.63) is 58.5 Å². The summed E-state index contributed by atoms with van der Waals surface area (Å²) in [6, 6.07) is 10.9. The number of carbonyl (C=O) groups is 1. The molecule has 2 aromatic rings. The van der Waals surface area contributed by atoms with Crippen LogP contribution in [0, 0.1) is 0 Å². The number of carbonyl (C=O) groups excluding carboxylic acids is 1. The monoisotopic (exact) mass is 334 g/mol. The molecule has 2 atom stereocenters. The molecule has 0 aliphatic carbocycles. The average Bonchev–Trinajstić information content (AvgIpc) is 3.04. The molecule has 1 amide bonds. The third kappa shape index (κ3) is 3.27. The van der Waals surface area contributed by atoms with Gasteiger partial charge in [-0.3, -0.25) is 4.79 Å². The minimum absolute atomic E-state index is 0.0346. The summed E-state index contributed by atoms with van der Waals surface area (Å²) in [5.74, 6) is 0.742. The molecular weight excluding hydrogens is 316 g/mol. The summed E-state index contributed by atoms with van der Waals surface area (Å²) in [4.78, 5) is 14.5. The van der Waals surface area contributed by atoms with Gasteiger partial charge in [0.25, 0.3) is 5.91 Å². The van der Waals surface area contributed by atoms with E-state index in [1.54, 1.807) is 17.0 Å². The fraction of sp³-hybridized carbons (Fsp3) is 0.353. The van der Waals surface area contributed by atoms with Gasteiger partial charge in [-0.2, -0.15) is 0 Å². The van der Waals surface area contributed by atoms with Crippen LogP contribution in [0.4, 0.5) is 0 Å². The van der Waals surface area contributed by atoms with E-state index in [1.807, 2.05) is 31.2 Å². The molecule has 1 fully saturated rings. The Morgan fingerprint density at radius 1 is 1.35 bits per heavy atom. The van der Waals surface area contributed by atoms with E-state index in [4.69, 9.17) is 26.5 Å². The molecule has 0 saturated carbocycles. The molecule has 3 rings (SSSR count). The van der Waals surface area contributed by atoms with Crippen LogP contribution in [0.1, 0.15) is 34.9 Å². The Kier molecular flexibility index (Phi) is 4.71. The third-order valence-corrected chi connectivity index (χ3v) is 4.36. The van der Waals surface area contributed by atoms with Crippen LogP contribution in [0.15, 0.2) is 40.8 Å². The van der Waals surface area contributed by atoms with E-state index >= 15 is 0 Å². The molecule has 0 radical (unpaired) electrons. The number of hydrogen-bond donors (Lipinski definition) is 1. The molecule has 1 aromatic carbocycles. The lowest BCUT2D eigenvalue weighted by molar-refractivity contribution is -0.0495. The first-order chi connectivity index (χ1) is 11.1. The Morgan fingerprint density at radius 3 is 2.83 bits per heavy atom. The van der Waals surface area contributed by atoms with Gasteiger partial charge in [-0.25, -0.2) is 0 Å². The van der Waals surface area contributed by atoms with Crippen LogP contribution in [0.25, 0.3) is 0 Å². The molecule has 1 aromatic heterocycles. The summed E-state index contributed by atoms with van der Waals surface area (Å²) in [6.45, 7) is 3.11. The van der Waals surface area contributed by atoms with Gasteiger partial charge in [0.2, 0.25) is 0 Å². The van der Waals surface area contributed by atoms with Crippen LogP contribution in [0.5, 0.6) is 0 Å². The number of nitrogens with two attached hydrogens (primary N) is 1. The molecule has 23 heavy (non-hydrogen) atoms. The maximum Gasteiger partial charge on any atom is 0.289 e. The van der Waals surface area contributed by atoms with Crippen LogP contribution in [0.2, 0.25) is 5.02 Å². The van der Waals surface area contributed by atoms with Crippen LogP contribution in [-0.4, -0.2) is 30.0 Å². The predicted molar refractivity (Wildman–Crippen MR) is 87.2 cm³/mol. The summed E-state index contributed by atoms with van der Waals surface area (Å²) >= 11 is 6.24. The molecule has 2 unspecified atom stereocenters. The molecule has 1 saturated heterocycles. The third-order valence-electron chi connectivity index (χ3n) is 4.02. The zero-order valence-electron chi connectivity index (χ0n) is 12.9. The van der Waals surface area contributed by atoms with E-state index in [0.717, 1.165) is 5.56 Å². The SMILES string of the molecule is CC1COC(c2ccccc2Cl)CN1C(=O)c1ccc(CN)o1. The van der Waals surface area contributed by atoms with E-state index in [2.05, 4.69) is 0 Å². The topological polar surface area (TPSA) is 68.7 Å². The Labute approximate surface area is 140 Å². The van der Waals surface area contributed by atoms with Crippen LogP contribution >= 0.6 is 11.6 Å². The molecule has 1 aliphatic heterocycles. The number of halogens is 1. The fourth-order valence-electron chi connectivity index (χ4n) is 2.71. The maximum absolute atomic E-state index is 12.7. The number of furan rings is 1. The van der Waals surface area contributed by atoms with Gasteiger partial charge in [-0.05, 0) is 25.1 Å². The van der Waals surface area contributed by atoms with Crippen molar-refractivity contribution >= 4 is 17.5 Å². The van der Waals surface area contributed by atoms with Crippen molar-refractivity contribution in [1.29, 1.82) is 0 Å².